The molecule has 1 aliphatic rings. The number of aliphatic carboxylic acids is 1. The summed E-state index contributed by atoms with van der Waals surface area (Å²) in [5.74, 6) is -1.51. The molecule has 0 bridgehead atoms. The number of benzene rings is 2. The van der Waals surface area contributed by atoms with Gasteiger partial charge in [-0.15, -0.1) is 0 Å². The van der Waals surface area contributed by atoms with Gasteiger partial charge in [0.2, 0.25) is 5.91 Å². The quantitative estimate of drug-likeness (QED) is 0.386. The lowest BCUT2D eigenvalue weighted by atomic mass is 9.95. The van der Waals surface area contributed by atoms with Crippen LogP contribution in [-0.2, 0) is 14.3 Å². The lowest BCUT2D eigenvalue weighted by molar-refractivity contribution is -0.147. The summed E-state index contributed by atoms with van der Waals surface area (Å²) in [5.41, 5.74) is 3.25. The van der Waals surface area contributed by atoms with Gasteiger partial charge in [-0.25, -0.2) is 9.59 Å². The highest BCUT2D eigenvalue weighted by Crippen LogP contribution is 2.44. The maximum atomic E-state index is 12.7. The Bertz CT molecular complexity index is 1010. The van der Waals surface area contributed by atoms with E-state index < -0.39 is 29.6 Å². The van der Waals surface area contributed by atoms with E-state index in [0.717, 1.165) is 35.1 Å². The van der Waals surface area contributed by atoms with Crippen LogP contribution in [0, 0.1) is 0 Å². The minimum atomic E-state index is -1.33. The average Bonchev–Trinajstić information content (AvgIpc) is 3.15. The van der Waals surface area contributed by atoms with Gasteiger partial charge in [0.15, 0.2) is 0 Å². The number of alkyl carbamates (subject to hydrolysis) is 1. The Labute approximate surface area is 207 Å². The van der Waals surface area contributed by atoms with Crippen molar-refractivity contribution in [1.82, 2.24) is 10.6 Å². The number of carbonyl (C=O) groups excluding carboxylic acids is 2. The second kappa shape index (κ2) is 11.9. The van der Waals surface area contributed by atoms with Crippen molar-refractivity contribution in [3.8, 4) is 11.1 Å². The van der Waals surface area contributed by atoms with Gasteiger partial charge in [0, 0.05) is 18.4 Å². The largest absolute Gasteiger partial charge is 0.480 e. The third-order valence-electron chi connectivity index (χ3n) is 6.64. The Morgan fingerprint density at radius 2 is 1.60 bits per heavy atom. The summed E-state index contributed by atoms with van der Waals surface area (Å²) in [6, 6.07) is 15.8. The molecule has 0 saturated carbocycles. The molecule has 188 valence electrons. The van der Waals surface area contributed by atoms with Gasteiger partial charge in [0.1, 0.15) is 12.1 Å². The zero-order valence-corrected chi connectivity index (χ0v) is 20.8. The minimum absolute atomic E-state index is 0.00319. The van der Waals surface area contributed by atoms with Gasteiger partial charge in [-0.3, -0.25) is 4.79 Å². The van der Waals surface area contributed by atoms with Gasteiger partial charge >= 0.3 is 12.1 Å². The summed E-state index contributed by atoms with van der Waals surface area (Å²) >= 11 is 0. The van der Waals surface area contributed by atoms with Gasteiger partial charge in [-0.05, 0) is 42.0 Å². The Balaban J connectivity index is 1.62. The monoisotopic (exact) mass is 480 g/mol. The van der Waals surface area contributed by atoms with E-state index in [1.54, 1.807) is 0 Å². The maximum absolute atomic E-state index is 12.7. The number of carboxylic acids is 1. The number of hydrogen-bond acceptors (Lipinski definition) is 4. The van der Waals surface area contributed by atoms with Gasteiger partial charge in [-0.2, -0.15) is 0 Å². The molecular formula is C28H36N2O5. The van der Waals surface area contributed by atoms with Crippen LogP contribution < -0.4 is 10.6 Å². The fraction of sp³-hybridized carbons (Fsp3) is 0.464. The summed E-state index contributed by atoms with van der Waals surface area (Å²) in [6.07, 6.45) is 2.71. The van der Waals surface area contributed by atoms with E-state index in [0.29, 0.717) is 19.3 Å². The van der Waals surface area contributed by atoms with Gasteiger partial charge in [0.05, 0.1) is 0 Å². The summed E-state index contributed by atoms with van der Waals surface area (Å²) in [4.78, 5) is 37.0. The molecule has 0 fully saturated rings. The van der Waals surface area contributed by atoms with E-state index in [-0.39, 0.29) is 18.9 Å². The van der Waals surface area contributed by atoms with Crippen LogP contribution in [0.15, 0.2) is 48.5 Å². The predicted molar refractivity (Wildman–Crippen MR) is 135 cm³/mol. The van der Waals surface area contributed by atoms with E-state index in [4.69, 9.17) is 4.74 Å². The topological polar surface area (TPSA) is 105 Å². The van der Waals surface area contributed by atoms with Gasteiger partial charge in [-0.1, -0.05) is 81.6 Å². The van der Waals surface area contributed by atoms with E-state index in [1.165, 1.54) is 6.92 Å². The van der Waals surface area contributed by atoms with Gasteiger partial charge < -0.3 is 20.5 Å². The molecule has 2 amide bonds. The Hall–Kier alpha value is -3.35. The van der Waals surface area contributed by atoms with E-state index in [1.807, 2.05) is 38.1 Å². The van der Waals surface area contributed by atoms with Crippen molar-refractivity contribution in [3.05, 3.63) is 59.7 Å². The van der Waals surface area contributed by atoms with Crippen LogP contribution >= 0.6 is 0 Å². The molecule has 1 aliphatic carbocycles. The zero-order valence-electron chi connectivity index (χ0n) is 20.8. The molecule has 2 aromatic rings. The summed E-state index contributed by atoms with van der Waals surface area (Å²) in [7, 11) is 0. The van der Waals surface area contributed by atoms with Crippen LogP contribution in [0.2, 0.25) is 0 Å². The molecule has 7 nitrogen and oxygen atoms in total. The first-order valence-electron chi connectivity index (χ1n) is 12.4. The second-order valence-corrected chi connectivity index (χ2v) is 9.45. The van der Waals surface area contributed by atoms with Crippen LogP contribution in [0.5, 0.6) is 0 Å². The summed E-state index contributed by atoms with van der Waals surface area (Å²) < 4.78 is 5.63. The number of ether oxygens (including phenoxy) is 1. The highest BCUT2D eigenvalue weighted by Gasteiger charge is 2.34. The number of carboxylic acid groups (broad SMARTS) is 1. The molecule has 2 atom stereocenters. The van der Waals surface area contributed by atoms with Crippen LogP contribution in [0.3, 0.4) is 0 Å². The molecule has 0 spiro atoms. The first-order valence-corrected chi connectivity index (χ1v) is 12.4. The number of amides is 2. The van der Waals surface area contributed by atoms with Crippen molar-refractivity contribution in [3.63, 3.8) is 0 Å². The van der Waals surface area contributed by atoms with Crippen molar-refractivity contribution in [2.24, 2.45) is 0 Å². The van der Waals surface area contributed by atoms with Crippen molar-refractivity contribution < 1.29 is 24.2 Å². The van der Waals surface area contributed by atoms with E-state index >= 15 is 0 Å². The Morgan fingerprint density at radius 1 is 1.00 bits per heavy atom. The first-order chi connectivity index (χ1) is 16.8. The third kappa shape index (κ3) is 6.41. The average molecular weight is 481 g/mol. The van der Waals surface area contributed by atoms with E-state index in [9.17, 15) is 19.5 Å². The van der Waals surface area contributed by atoms with E-state index in [2.05, 4.69) is 34.9 Å². The molecule has 35 heavy (non-hydrogen) atoms. The van der Waals surface area contributed by atoms with Crippen LogP contribution in [0.4, 0.5) is 4.79 Å². The highest BCUT2D eigenvalue weighted by atomic mass is 16.5. The Kier molecular flexibility index (Phi) is 8.90. The predicted octanol–water partition coefficient (Wildman–Crippen LogP) is 5.23. The first kappa shape index (κ1) is 26.3. The molecule has 2 aromatic carbocycles. The second-order valence-electron chi connectivity index (χ2n) is 9.45. The minimum Gasteiger partial charge on any atom is -0.480 e. The number of nitrogens with one attached hydrogen (secondary N) is 2. The maximum Gasteiger partial charge on any atom is 0.407 e. The van der Waals surface area contributed by atoms with Crippen LogP contribution in [0.25, 0.3) is 11.1 Å². The standard InChI is InChI=1S/C28H36N2O5/c1-4-6-11-19(17-25(31)30-28(3,16-5-2)26(32)33)29-27(34)35-18-24-22-14-9-7-12-20(22)21-13-8-10-15-23(21)24/h7-10,12-15,19,24H,4-6,11,16-18H2,1-3H3,(H,29,34)(H,30,31)(H,32,33). The third-order valence-corrected chi connectivity index (χ3v) is 6.64. The zero-order chi connectivity index (χ0) is 25.4. The Morgan fingerprint density at radius 3 is 2.14 bits per heavy atom. The lowest BCUT2D eigenvalue weighted by Crippen LogP contribution is -2.53. The van der Waals surface area contributed by atoms with Crippen LogP contribution in [-0.4, -0.2) is 41.3 Å². The highest BCUT2D eigenvalue weighted by molar-refractivity contribution is 5.87. The molecule has 7 heteroatoms. The van der Waals surface area contributed by atoms with Crippen molar-refractivity contribution in [2.45, 2.75) is 76.8 Å². The number of rotatable bonds is 12. The molecule has 0 radical (unpaired) electrons. The fourth-order valence-electron chi connectivity index (χ4n) is 4.79. The molecule has 3 rings (SSSR count). The van der Waals surface area contributed by atoms with Crippen molar-refractivity contribution in [1.29, 1.82) is 0 Å². The number of hydrogen-bond donors (Lipinski definition) is 3. The smallest absolute Gasteiger partial charge is 0.407 e. The molecule has 0 aliphatic heterocycles. The summed E-state index contributed by atoms with van der Waals surface area (Å²) in [5, 5.41) is 15.0. The molecular weight excluding hydrogens is 444 g/mol. The van der Waals surface area contributed by atoms with Crippen LogP contribution in [0.1, 0.15) is 76.3 Å². The number of fused-ring (bicyclic) bond motifs is 3. The number of unbranched alkanes of at least 4 members (excludes halogenated alkanes) is 1. The molecule has 3 N–H and O–H groups in total. The lowest BCUT2D eigenvalue weighted by Gasteiger charge is -2.27. The SMILES string of the molecule is CCCCC(CC(=O)NC(C)(CCC)C(=O)O)NC(=O)OCC1c2ccccc2-c2ccccc21. The molecule has 0 heterocycles. The summed E-state index contributed by atoms with van der Waals surface area (Å²) in [6.45, 7) is 5.61. The van der Waals surface area contributed by atoms with Crippen molar-refractivity contribution in [2.75, 3.05) is 6.61 Å². The van der Waals surface area contributed by atoms with Gasteiger partial charge in [0.25, 0.3) is 0 Å². The molecule has 2 unspecified atom stereocenters. The van der Waals surface area contributed by atoms with Crippen molar-refractivity contribution >= 4 is 18.0 Å². The molecule has 0 saturated heterocycles. The number of carbonyl (C=O) groups is 3. The normalized spacial score (nSPS) is 14.8. The fourth-order valence-corrected chi connectivity index (χ4v) is 4.79. The molecule has 0 aromatic heterocycles.